The number of halogens is 2. The summed E-state index contributed by atoms with van der Waals surface area (Å²) in [6.07, 6.45) is -0.103. The number of Topliss-reactive ketones (excluding diaryl/α,β-unsaturated/α-hetero) is 2. The van der Waals surface area contributed by atoms with E-state index < -0.39 is 0 Å². The maximum Gasteiger partial charge on any atom is 0.170 e. The Bertz CT molecular complexity index is 405. The van der Waals surface area contributed by atoms with E-state index in [9.17, 15) is 9.59 Å². The molecule has 1 aromatic rings. The van der Waals surface area contributed by atoms with Crippen molar-refractivity contribution < 1.29 is 9.59 Å². The van der Waals surface area contributed by atoms with Crippen LogP contribution < -0.4 is 0 Å². The van der Waals surface area contributed by atoms with Crippen molar-refractivity contribution in [2.75, 3.05) is 0 Å². The zero-order valence-electron chi connectivity index (χ0n) is 9.09. The van der Waals surface area contributed by atoms with Crippen LogP contribution in [0.4, 0.5) is 0 Å². The third kappa shape index (κ3) is 3.62. The van der Waals surface area contributed by atoms with Gasteiger partial charge >= 0.3 is 0 Å². The quantitative estimate of drug-likeness (QED) is 0.609. The van der Waals surface area contributed by atoms with E-state index in [1.807, 2.05) is 0 Å². The van der Waals surface area contributed by atoms with Crippen LogP contribution in [0.15, 0.2) is 18.2 Å². The van der Waals surface area contributed by atoms with Gasteiger partial charge in [-0.2, -0.15) is 0 Å². The van der Waals surface area contributed by atoms with Crippen LogP contribution in [-0.2, 0) is 4.79 Å². The zero-order valence-corrected chi connectivity index (χ0v) is 10.6. The van der Waals surface area contributed by atoms with Crippen LogP contribution >= 0.6 is 23.2 Å². The van der Waals surface area contributed by atoms with Gasteiger partial charge in [-0.3, -0.25) is 9.59 Å². The van der Waals surface area contributed by atoms with Crippen molar-refractivity contribution in [1.82, 2.24) is 0 Å². The molecule has 86 valence electrons. The molecule has 16 heavy (non-hydrogen) atoms. The van der Waals surface area contributed by atoms with Crippen molar-refractivity contribution in [3.63, 3.8) is 0 Å². The summed E-state index contributed by atoms with van der Waals surface area (Å²) in [6.45, 7) is 3.53. The summed E-state index contributed by atoms with van der Waals surface area (Å²) < 4.78 is 0. The molecule has 0 amide bonds. The minimum absolute atomic E-state index is 0.0823. The molecule has 0 bridgehead atoms. The molecule has 2 nitrogen and oxygen atoms in total. The highest BCUT2D eigenvalue weighted by atomic mass is 35.5. The first-order chi connectivity index (χ1) is 7.40. The summed E-state index contributed by atoms with van der Waals surface area (Å²) in [5, 5.41) is 0.792. The molecule has 0 heterocycles. The van der Waals surface area contributed by atoms with Gasteiger partial charge in [0.2, 0.25) is 0 Å². The summed E-state index contributed by atoms with van der Waals surface area (Å²) >= 11 is 11.5. The molecule has 0 spiro atoms. The normalized spacial score (nSPS) is 10.6. The van der Waals surface area contributed by atoms with Gasteiger partial charge < -0.3 is 0 Å². The largest absolute Gasteiger partial charge is 0.299 e. The number of rotatable bonds is 4. The Morgan fingerprint density at radius 3 is 2.06 bits per heavy atom. The van der Waals surface area contributed by atoms with Crippen molar-refractivity contribution in [2.24, 2.45) is 5.92 Å². The van der Waals surface area contributed by atoms with Crippen molar-refractivity contribution >= 4 is 34.8 Å². The third-order valence-corrected chi connectivity index (χ3v) is 2.60. The number of hydrogen-bond acceptors (Lipinski definition) is 2. The molecular formula is C12H12Cl2O2. The fourth-order valence-electron chi connectivity index (χ4n) is 1.18. The van der Waals surface area contributed by atoms with Crippen LogP contribution in [0, 0.1) is 5.92 Å². The summed E-state index contributed by atoms with van der Waals surface area (Å²) in [4.78, 5) is 23.1. The maximum absolute atomic E-state index is 11.7. The van der Waals surface area contributed by atoms with Crippen LogP contribution in [0.25, 0.3) is 0 Å². The molecule has 0 unspecified atom stereocenters. The Balaban J connectivity index is 2.85. The lowest BCUT2D eigenvalue weighted by Crippen LogP contribution is -2.13. The average Bonchev–Trinajstić information content (AvgIpc) is 2.15. The lowest BCUT2D eigenvalue weighted by molar-refractivity contribution is -0.121. The van der Waals surface area contributed by atoms with Gasteiger partial charge in [-0.25, -0.2) is 0 Å². The van der Waals surface area contributed by atoms with Crippen LogP contribution in [-0.4, -0.2) is 11.6 Å². The Kier molecular flexibility index (Phi) is 4.51. The second-order valence-corrected chi connectivity index (χ2v) is 4.75. The first-order valence-electron chi connectivity index (χ1n) is 4.92. The molecule has 0 radical (unpaired) electrons. The Labute approximate surface area is 105 Å². The summed E-state index contributed by atoms with van der Waals surface area (Å²) in [6, 6.07) is 4.58. The zero-order chi connectivity index (χ0) is 12.3. The highest BCUT2D eigenvalue weighted by molar-refractivity contribution is 6.35. The fraction of sp³-hybridized carbons (Fsp3) is 0.333. The van der Waals surface area contributed by atoms with Crippen LogP contribution in [0.1, 0.15) is 30.6 Å². The standard InChI is InChI=1S/C12H12Cl2O2/c1-7(2)11(15)6-12(16)8-3-9(13)5-10(14)4-8/h3-5,7H,6H2,1-2H3. The van der Waals surface area contributed by atoms with E-state index in [0.717, 1.165) is 0 Å². The first-order valence-corrected chi connectivity index (χ1v) is 5.67. The highest BCUT2D eigenvalue weighted by Crippen LogP contribution is 2.20. The lowest BCUT2D eigenvalue weighted by atomic mass is 10.00. The topological polar surface area (TPSA) is 34.1 Å². The van der Waals surface area contributed by atoms with Gasteiger partial charge in [0, 0.05) is 21.5 Å². The molecular weight excluding hydrogens is 247 g/mol. The van der Waals surface area contributed by atoms with E-state index in [-0.39, 0.29) is 23.9 Å². The van der Waals surface area contributed by atoms with Crippen molar-refractivity contribution in [3.05, 3.63) is 33.8 Å². The number of ketones is 2. The SMILES string of the molecule is CC(C)C(=O)CC(=O)c1cc(Cl)cc(Cl)c1. The van der Waals surface area contributed by atoms with Gasteiger partial charge in [0.15, 0.2) is 5.78 Å². The van der Waals surface area contributed by atoms with E-state index in [2.05, 4.69) is 0 Å². The fourth-order valence-corrected chi connectivity index (χ4v) is 1.71. The molecule has 0 fully saturated rings. The molecule has 1 aromatic carbocycles. The summed E-state index contributed by atoms with van der Waals surface area (Å²) in [5.41, 5.74) is 0.381. The van der Waals surface area contributed by atoms with E-state index in [1.165, 1.54) is 12.1 Å². The van der Waals surface area contributed by atoms with E-state index in [1.54, 1.807) is 19.9 Å². The van der Waals surface area contributed by atoms with Crippen molar-refractivity contribution in [3.8, 4) is 0 Å². The number of carbonyl (C=O) groups is 2. The molecule has 0 aromatic heterocycles. The van der Waals surface area contributed by atoms with Crippen LogP contribution in [0.5, 0.6) is 0 Å². The molecule has 0 aliphatic carbocycles. The predicted molar refractivity (Wildman–Crippen MR) is 65.3 cm³/mol. The smallest absolute Gasteiger partial charge is 0.170 e. The van der Waals surface area contributed by atoms with Gasteiger partial charge in [0.1, 0.15) is 5.78 Å². The van der Waals surface area contributed by atoms with Crippen molar-refractivity contribution in [1.29, 1.82) is 0 Å². The maximum atomic E-state index is 11.7. The molecule has 0 saturated carbocycles. The number of carbonyl (C=O) groups excluding carboxylic acids is 2. The minimum Gasteiger partial charge on any atom is -0.299 e. The van der Waals surface area contributed by atoms with Gasteiger partial charge in [0.05, 0.1) is 6.42 Å². The summed E-state index contributed by atoms with van der Waals surface area (Å²) in [7, 11) is 0. The second kappa shape index (κ2) is 5.46. The molecule has 0 aliphatic rings. The molecule has 0 atom stereocenters. The van der Waals surface area contributed by atoms with Gasteiger partial charge in [-0.1, -0.05) is 37.0 Å². The van der Waals surface area contributed by atoms with E-state index in [4.69, 9.17) is 23.2 Å². The minimum atomic E-state index is -0.247. The Hall–Kier alpha value is -0.860. The number of hydrogen-bond donors (Lipinski definition) is 0. The van der Waals surface area contributed by atoms with Gasteiger partial charge in [0.25, 0.3) is 0 Å². The van der Waals surface area contributed by atoms with Crippen LogP contribution in [0.3, 0.4) is 0 Å². The lowest BCUT2D eigenvalue weighted by Gasteiger charge is -2.04. The van der Waals surface area contributed by atoms with E-state index >= 15 is 0 Å². The monoisotopic (exact) mass is 258 g/mol. The molecule has 0 N–H and O–H groups in total. The molecule has 0 aliphatic heterocycles. The van der Waals surface area contributed by atoms with Gasteiger partial charge in [-0.05, 0) is 18.2 Å². The Morgan fingerprint density at radius 1 is 1.12 bits per heavy atom. The molecule has 4 heteroatoms. The second-order valence-electron chi connectivity index (χ2n) is 3.88. The van der Waals surface area contributed by atoms with Crippen molar-refractivity contribution in [2.45, 2.75) is 20.3 Å². The van der Waals surface area contributed by atoms with E-state index in [0.29, 0.717) is 15.6 Å². The average molecular weight is 259 g/mol. The summed E-state index contributed by atoms with van der Waals surface area (Å²) in [5.74, 6) is -0.470. The highest BCUT2D eigenvalue weighted by Gasteiger charge is 2.15. The van der Waals surface area contributed by atoms with Gasteiger partial charge in [-0.15, -0.1) is 0 Å². The third-order valence-electron chi connectivity index (χ3n) is 2.16. The van der Waals surface area contributed by atoms with Crippen LogP contribution in [0.2, 0.25) is 10.0 Å². The number of benzene rings is 1. The predicted octanol–water partition coefficient (Wildman–Crippen LogP) is 3.79. The first kappa shape index (κ1) is 13.2. The Morgan fingerprint density at radius 2 is 1.62 bits per heavy atom. The molecule has 0 saturated heterocycles. The molecule has 1 rings (SSSR count).